The van der Waals surface area contributed by atoms with E-state index in [1.165, 1.54) is 18.2 Å². The fraction of sp³-hybridized carbons (Fsp3) is 0.455. The van der Waals surface area contributed by atoms with Crippen molar-refractivity contribution in [3.63, 3.8) is 0 Å². The van der Waals surface area contributed by atoms with Gasteiger partial charge >= 0.3 is 6.18 Å². The van der Waals surface area contributed by atoms with Crippen LogP contribution in [0.15, 0.2) is 24.3 Å². The molecule has 90 valence electrons. The molecule has 2 nitrogen and oxygen atoms in total. The number of likely N-dealkylation sites (N-methyl/N-ethyl adjacent to an activating group) is 1. The molecule has 16 heavy (non-hydrogen) atoms. The van der Waals surface area contributed by atoms with Crippen LogP contribution >= 0.6 is 0 Å². The molecule has 0 aliphatic heterocycles. The number of aliphatic hydroxyl groups is 1. The van der Waals surface area contributed by atoms with E-state index in [1.807, 2.05) is 0 Å². The zero-order valence-electron chi connectivity index (χ0n) is 9.12. The molecule has 1 atom stereocenters. The van der Waals surface area contributed by atoms with Gasteiger partial charge in [-0.1, -0.05) is 18.2 Å². The fourth-order valence-electron chi connectivity index (χ4n) is 1.59. The molecule has 0 saturated carbocycles. The minimum absolute atomic E-state index is 0.0995. The van der Waals surface area contributed by atoms with Crippen LogP contribution < -0.4 is 0 Å². The highest BCUT2D eigenvalue weighted by Crippen LogP contribution is 2.35. The summed E-state index contributed by atoms with van der Waals surface area (Å²) in [6, 6.07) is 4.66. The van der Waals surface area contributed by atoms with E-state index >= 15 is 0 Å². The zero-order valence-corrected chi connectivity index (χ0v) is 9.12. The third kappa shape index (κ3) is 2.74. The van der Waals surface area contributed by atoms with Crippen LogP contribution in [0.4, 0.5) is 13.2 Å². The van der Waals surface area contributed by atoms with Gasteiger partial charge in [0.15, 0.2) is 0 Å². The van der Waals surface area contributed by atoms with Crippen LogP contribution in [0.25, 0.3) is 0 Å². The summed E-state index contributed by atoms with van der Waals surface area (Å²) in [7, 11) is 3.27. The molecule has 0 bridgehead atoms. The van der Waals surface area contributed by atoms with Gasteiger partial charge in [0.2, 0.25) is 0 Å². The molecule has 1 N–H and O–H groups in total. The van der Waals surface area contributed by atoms with Gasteiger partial charge in [0, 0.05) is 0 Å². The predicted molar refractivity (Wildman–Crippen MR) is 55.0 cm³/mol. The number of aliphatic hydroxyl groups excluding tert-OH is 1. The molecule has 0 radical (unpaired) electrons. The Labute approximate surface area is 92.3 Å². The van der Waals surface area contributed by atoms with Gasteiger partial charge < -0.3 is 10.0 Å². The van der Waals surface area contributed by atoms with Crippen molar-refractivity contribution in [1.29, 1.82) is 0 Å². The lowest BCUT2D eigenvalue weighted by molar-refractivity contribution is -0.138. The molecule has 0 fully saturated rings. The second-order valence-electron chi connectivity index (χ2n) is 3.75. The van der Waals surface area contributed by atoms with Gasteiger partial charge in [-0.2, -0.15) is 13.2 Å². The Hall–Kier alpha value is -1.07. The maximum absolute atomic E-state index is 12.7. The zero-order chi connectivity index (χ0) is 12.3. The average molecular weight is 233 g/mol. The molecular formula is C11H14F3NO. The normalized spacial score (nSPS) is 14.2. The van der Waals surface area contributed by atoms with Crippen molar-refractivity contribution < 1.29 is 18.3 Å². The van der Waals surface area contributed by atoms with Crippen LogP contribution in [-0.2, 0) is 6.18 Å². The molecule has 0 aliphatic rings. The first-order chi connectivity index (χ1) is 7.38. The van der Waals surface area contributed by atoms with E-state index in [9.17, 15) is 13.2 Å². The molecule has 0 spiro atoms. The number of hydrogen-bond acceptors (Lipinski definition) is 2. The highest BCUT2D eigenvalue weighted by atomic mass is 19.4. The maximum Gasteiger partial charge on any atom is 0.416 e. The summed E-state index contributed by atoms with van der Waals surface area (Å²) in [4.78, 5) is 1.56. The van der Waals surface area contributed by atoms with Crippen molar-refractivity contribution in [3.8, 4) is 0 Å². The van der Waals surface area contributed by atoms with Crippen molar-refractivity contribution >= 4 is 0 Å². The Morgan fingerprint density at radius 2 is 1.81 bits per heavy atom. The Bertz CT molecular complexity index is 349. The molecule has 0 unspecified atom stereocenters. The summed E-state index contributed by atoms with van der Waals surface area (Å²) in [5.74, 6) is 0. The van der Waals surface area contributed by atoms with E-state index in [1.54, 1.807) is 19.0 Å². The lowest BCUT2D eigenvalue weighted by atomic mass is 10.00. The standard InChI is InChI=1S/C11H14F3NO/c1-15(2)10(7-16)8-5-3-4-6-9(8)11(12,13)14/h3-6,10,16H,7H2,1-2H3/t10-/m0/s1. The van der Waals surface area contributed by atoms with Gasteiger partial charge in [0.1, 0.15) is 0 Å². The molecule has 0 aromatic heterocycles. The quantitative estimate of drug-likeness (QED) is 0.865. The predicted octanol–water partition coefficient (Wildman–Crippen LogP) is 2.30. The summed E-state index contributed by atoms with van der Waals surface area (Å²) in [6.45, 7) is -0.347. The Balaban J connectivity index is 3.22. The van der Waals surface area contributed by atoms with Crippen LogP contribution in [-0.4, -0.2) is 30.7 Å². The molecular weight excluding hydrogens is 219 g/mol. The van der Waals surface area contributed by atoms with Gasteiger partial charge in [0.05, 0.1) is 18.2 Å². The van der Waals surface area contributed by atoms with E-state index in [2.05, 4.69) is 0 Å². The number of benzene rings is 1. The first kappa shape index (κ1) is 13.0. The van der Waals surface area contributed by atoms with Crippen LogP contribution in [0, 0.1) is 0 Å². The Morgan fingerprint density at radius 1 is 1.25 bits per heavy atom. The summed E-state index contributed by atoms with van der Waals surface area (Å²) >= 11 is 0. The summed E-state index contributed by atoms with van der Waals surface area (Å²) in [5, 5.41) is 9.13. The first-order valence-corrected chi connectivity index (χ1v) is 4.81. The molecule has 0 saturated heterocycles. The van der Waals surface area contributed by atoms with E-state index in [-0.39, 0.29) is 12.2 Å². The molecule has 0 heterocycles. The average Bonchev–Trinajstić information content (AvgIpc) is 2.17. The summed E-state index contributed by atoms with van der Waals surface area (Å²) in [6.07, 6.45) is -4.39. The highest BCUT2D eigenvalue weighted by Gasteiger charge is 2.35. The Kier molecular flexibility index (Phi) is 3.93. The molecule has 1 rings (SSSR count). The van der Waals surface area contributed by atoms with Gasteiger partial charge in [-0.3, -0.25) is 0 Å². The third-order valence-corrected chi connectivity index (χ3v) is 2.42. The second kappa shape index (κ2) is 4.84. The van der Waals surface area contributed by atoms with Gasteiger partial charge in [-0.05, 0) is 25.7 Å². The Morgan fingerprint density at radius 3 is 2.25 bits per heavy atom. The summed E-state index contributed by atoms with van der Waals surface area (Å²) < 4.78 is 38.1. The highest BCUT2D eigenvalue weighted by molar-refractivity contribution is 5.32. The molecule has 0 amide bonds. The minimum atomic E-state index is -4.39. The van der Waals surface area contributed by atoms with Gasteiger partial charge in [0.25, 0.3) is 0 Å². The fourth-order valence-corrected chi connectivity index (χ4v) is 1.59. The lowest BCUT2D eigenvalue weighted by Crippen LogP contribution is -2.25. The van der Waals surface area contributed by atoms with Gasteiger partial charge in [-0.15, -0.1) is 0 Å². The van der Waals surface area contributed by atoms with Crippen molar-refractivity contribution in [2.45, 2.75) is 12.2 Å². The van der Waals surface area contributed by atoms with Crippen molar-refractivity contribution in [3.05, 3.63) is 35.4 Å². The number of alkyl halides is 3. The summed E-state index contributed by atoms with van der Waals surface area (Å²) in [5.41, 5.74) is -0.592. The van der Waals surface area contributed by atoms with Crippen LogP contribution in [0.1, 0.15) is 17.2 Å². The van der Waals surface area contributed by atoms with Crippen molar-refractivity contribution in [2.24, 2.45) is 0 Å². The van der Waals surface area contributed by atoms with E-state index < -0.39 is 17.8 Å². The molecule has 1 aromatic carbocycles. The molecule has 1 aromatic rings. The van der Waals surface area contributed by atoms with Crippen molar-refractivity contribution in [1.82, 2.24) is 4.90 Å². The largest absolute Gasteiger partial charge is 0.416 e. The second-order valence-corrected chi connectivity index (χ2v) is 3.75. The van der Waals surface area contributed by atoms with Crippen LogP contribution in [0.3, 0.4) is 0 Å². The monoisotopic (exact) mass is 233 g/mol. The first-order valence-electron chi connectivity index (χ1n) is 4.81. The third-order valence-electron chi connectivity index (χ3n) is 2.42. The number of hydrogen-bond donors (Lipinski definition) is 1. The molecule has 5 heteroatoms. The SMILES string of the molecule is CN(C)[C@@H](CO)c1ccccc1C(F)(F)F. The van der Waals surface area contributed by atoms with Crippen LogP contribution in [0.2, 0.25) is 0 Å². The minimum Gasteiger partial charge on any atom is -0.394 e. The number of halogens is 3. The number of nitrogens with zero attached hydrogens (tertiary/aromatic N) is 1. The van der Waals surface area contributed by atoms with E-state index in [0.29, 0.717) is 0 Å². The smallest absolute Gasteiger partial charge is 0.394 e. The lowest BCUT2D eigenvalue weighted by Gasteiger charge is -2.25. The van der Waals surface area contributed by atoms with E-state index in [0.717, 1.165) is 6.07 Å². The maximum atomic E-state index is 12.7. The van der Waals surface area contributed by atoms with Gasteiger partial charge in [-0.25, -0.2) is 0 Å². The topological polar surface area (TPSA) is 23.5 Å². The molecule has 0 aliphatic carbocycles. The van der Waals surface area contributed by atoms with Crippen LogP contribution in [0.5, 0.6) is 0 Å². The number of rotatable bonds is 3. The van der Waals surface area contributed by atoms with E-state index in [4.69, 9.17) is 5.11 Å². The van der Waals surface area contributed by atoms with Crippen molar-refractivity contribution in [2.75, 3.05) is 20.7 Å².